The molecule has 0 aromatic carbocycles. The molecule has 1 aliphatic rings. The molecule has 0 heterocycles. The van der Waals surface area contributed by atoms with Crippen LogP contribution in [-0.2, 0) is 23.1 Å². The molecule has 0 spiro atoms. The average Bonchev–Trinajstić information content (AvgIpc) is 2.59. The lowest BCUT2D eigenvalue weighted by atomic mass is 9.95. The lowest BCUT2D eigenvalue weighted by molar-refractivity contribution is -0.473. The zero-order valence-electron chi connectivity index (χ0n) is 15.9. The normalized spacial score (nSPS) is 16.9. The predicted octanol–water partition coefficient (Wildman–Crippen LogP) is 3.17. The Labute approximate surface area is 149 Å². The van der Waals surface area contributed by atoms with Gasteiger partial charge >= 0.3 is 15.4 Å². The standard InChI is InChI=1S/C17H36NO5Si/c1-5-20-17(21-6-2,22-7-3)23-24(19-4)15-11-14-18-16-12-9-8-10-13-16/h16,18H,5-15H2,1-4H3. The van der Waals surface area contributed by atoms with Gasteiger partial charge in [-0.2, -0.15) is 0 Å². The second-order valence-electron chi connectivity index (χ2n) is 5.87. The molecule has 1 aliphatic carbocycles. The van der Waals surface area contributed by atoms with E-state index in [-0.39, 0.29) is 0 Å². The first kappa shape index (κ1) is 22.0. The van der Waals surface area contributed by atoms with Gasteiger partial charge in [-0.25, -0.2) is 0 Å². The van der Waals surface area contributed by atoms with Gasteiger partial charge < -0.3 is 28.4 Å². The Hall–Kier alpha value is -0.0231. The molecule has 0 saturated heterocycles. The topological polar surface area (TPSA) is 58.2 Å². The van der Waals surface area contributed by atoms with Gasteiger partial charge in [-0.1, -0.05) is 19.3 Å². The predicted molar refractivity (Wildman–Crippen MR) is 95.8 cm³/mol. The summed E-state index contributed by atoms with van der Waals surface area (Å²) in [5.74, 6) is 0. The molecule has 6 nitrogen and oxygen atoms in total. The average molecular weight is 363 g/mol. The van der Waals surface area contributed by atoms with Crippen molar-refractivity contribution < 1.29 is 23.1 Å². The van der Waals surface area contributed by atoms with Gasteiger partial charge in [0.05, 0.1) is 19.8 Å². The van der Waals surface area contributed by atoms with Crippen LogP contribution in [0, 0.1) is 0 Å². The summed E-state index contributed by atoms with van der Waals surface area (Å²) in [6.07, 6.45) is 6.29. The first-order valence-corrected chi connectivity index (χ1v) is 11.0. The minimum Gasteiger partial charge on any atom is -0.397 e. The van der Waals surface area contributed by atoms with Crippen LogP contribution < -0.4 is 5.32 Å². The van der Waals surface area contributed by atoms with E-state index in [1.807, 2.05) is 20.8 Å². The monoisotopic (exact) mass is 362 g/mol. The maximum atomic E-state index is 5.99. The van der Waals surface area contributed by atoms with Crippen molar-refractivity contribution in [2.45, 2.75) is 77.5 Å². The Morgan fingerprint density at radius 2 is 1.54 bits per heavy atom. The fraction of sp³-hybridized carbons (Fsp3) is 1.00. The third-order valence-corrected chi connectivity index (χ3v) is 5.72. The number of rotatable bonds is 14. The molecule has 1 rings (SSSR count). The minimum absolute atomic E-state index is 0.447. The Morgan fingerprint density at radius 1 is 0.958 bits per heavy atom. The molecule has 1 N–H and O–H groups in total. The van der Waals surface area contributed by atoms with E-state index < -0.39 is 15.4 Å². The van der Waals surface area contributed by atoms with E-state index in [4.69, 9.17) is 23.1 Å². The quantitative estimate of drug-likeness (QED) is 0.291. The third-order valence-electron chi connectivity index (χ3n) is 4.03. The van der Waals surface area contributed by atoms with Crippen LogP contribution in [-0.4, -0.2) is 55.0 Å². The van der Waals surface area contributed by atoms with Gasteiger partial charge in [-0.05, 0) is 52.6 Å². The summed E-state index contributed by atoms with van der Waals surface area (Å²) in [7, 11) is 0.155. The molecule has 0 unspecified atom stereocenters. The van der Waals surface area contributed by atoms with E-state index in [2.05, 4.69) is 5.32 Å². The highest BCUT2D eigenvalue weighted by molar-refractivity contribution is 6.44. The lowest BCUT2D eigenvalue weighted by Crippen LogP contribution is -2.47. The van der Waals surface area contributed by atoms with Crippen molar-refractivity contribution in [3.05, 3.63) is 0 Å². The largest absolute Gasteiger partial charge is 0.404 e. The van der Waals surface area contributed by atoms with Crippen molar-refractivity contribution in [1.29, 1.82) is 0 Å². The second kappa shape index (κ2) is 13.2. The summed E-state index contributed by atoms with van der Waals surface area (Å²) in [6.45, 7) is 8.01. The van der Waals surface area contributed by atoms with Crippen molar-refractivity contribution >= 4 is 9.28 Å². The highest BCUT2D eigenvalue weighted by atomic mass is 28.3. The van der Waals surface area contributed by atoms with E-state index in [9.17, 15) is 0 Å². The van der Waals surface area contributed by atoms with Gasteiger partial charge in [0.1, 0.15) is 0 Å². The smallest absolute Gasteiger partial charge is 0.397 e. The Kier molecular flexibility index (Phi) is 12.1. The summed E-state index contributed by atoms with van der Waals surface area (Å²) < 4.78 is 28.4. The molecule has 143 valence electrons. The molecule has 0 atom stereocenters. The Bertz CT molecular complexity index is 286. The number of hydrogen-bond acceptors (Lipinski definition) is 6. The van der Waals surface area contributed by atoms with Gasteiger partial charge in [-0.3, -0.25) is 0 Å². The molecule has 0 bridgehead atoms. The lowest BCUT2D eigenvalue weighted by Gasteiger charge is -2.33. The molecule has 1 saturated carbocycles. The van der Waals surface area contributed by atoms with Crippen LogP contribution in [0.15, 0.2) is 0 Å². The van der Waals surface area contributed by atoms with E-state index >= 15 is 0 Å². The van der Waals surface area contributed by atoms with Crippen LogP contribution in [0.2, 0.25) is 6.04 Å². The van der Waals surface area contributed by atoms with Crippen molar-refractivity contribution in [2.75, 3.05) is 33.5 Å². The van der Waals surface area contributed by atoms with E-state index in [1.54, 1.807) is 7.11 Å². The number of hydrogen-bond donors (Lipinski definition) is 1. The molecule has 1 radical (unpaired) electrons. The summed E-state index contributed by atoms with van der Waals surface area (Å²) in [4.78, 5) is 0. The first-order chi connectivity index (χ1) is 11.7. The zero-order valence-corrected chi connectivity index (χ0v) is 16.9. The zero-order chi connectivity index (χ0) is 17.7. The molecule has 7 heteroatoms. The minimum atomic E-state index is -1.52. The van der Waals surface area contributed by atoms with Crippen LogP contribution in [0.25, 0.3) is 0 Å². The molecule has 1 fully saturated rings. The van der Waals surface area contributed by atoms with Crippen LogP contribution in [0.5, 0.6) is 0 Å². The van der Waals surface area contributed by atoms with E-state index in [0.717, 1.165) is 19.0 Å². The first-order valence-electron chi connectivity index (χ1n) is 9.43. The molecule has 0 amide bonds. The summed E-state index contributed by atoms with van der Waals surface area (Å²) >= 11 is 0. The Morgan fingerprint density at radius 3 is 2.04 bits per heavy atom. The highest BCUT2D eigenvalue weighted by Crippen LogP contribution is 2.21. The molecule has 24 heavy (non-hydrogen) atoms. The van der Waals surface area contributed by atoms with Crippen LogP contribution >= 0.6 is 0 Å². The SMILES string of the molecule is CCOC(OCC)(OCC)O[Si](CCCNC1CCCCC1)OC. The fourth-order valence-electron chi connectivity index (χ4n) is 2.92. The fourth-order valence-corrected chi connectivity index (χ4v) is 4.23. The van der Waals surface area contributed by atoms with Crippen LogP contribution in [0.3, 0.4) is 0 Å². The van der Waals surface area contributed by atoms with Gasteiger partial charge in [0.25, 0.3) is 0 Å². The molecule has 0 aromatic heterocycles. The molecular weight excluding hydrogens is 326 g/mol. The molecule has 0 aromatic rings. The maximum Gasteiger partial charge on any atom is 0.404 e. The van der Waals surface area contributed by atoms with Gasteiger partial charge in [0, 0.05) is 13.2 Å². The maximum absolute atomic E-state index is 5.99. The second-order valence-corrected chi connectivity index (χ2v) is 7.73. The molecular formula is C17H36NO5Si. The van der Waals surface area contributed by atoms with Crippen molar-refractivity contribution in [2.24, 2.45) is 0 Å². The summed E-state index contributed by atoms with van der Waals surface area (Å²) in [5, 5.41) is 3.65. The van der Waals surface area contributed by atoms with Crippen molar-refractivity contribution in [3.8, 4) is 0 Å². The van der Waals surface area contributed by atoms with Crippen LogP contribution in [0.4, 0.5) is 0 Å². The number of ether oxygens (including phenoxy) is 3. The summed E-state index contributed by atoms with van der Waals surface area (Å²) in [5.41, 5.74) is 0. The molecule has 0 aliphatic heterocycles. The number of nitrogens with one attached hydrogen (secondary N) is 1. The van der Waals surface area contributed by atoms with E-state index in [0.29, 0.717) is 25.9 Å². The Balaban J connectivity index is 2.38. The van der Waals surface area contributed by atoms with E-state index in [1.165, 1.54) is 32.1 Å². The summed E-state index contributed by atoms with van der Waals surface area (Å²) in [6, 6.07) is 1.54. The van der Waals surface area contributed by atoms with Crippen molar-refractivity contribution in [3.63, 3.8) is 0 Å². The highest BCUT2D eigenvalue weighted by Gasteiger charge is 2.39. The third kappa shape index (κ3) is 8.38. The van der Waals surface area contributed by atoms with Gasteiger partial charge in [0.2, 0.25) is 0 Å². The van der Waals surface area contributed by atoms with Crippen LogP contribution in [0.1, 0.15) is 59.3 Å². The van der Waals surface area contributed by atoms with Gasteiger partial charge in [0.15, 0.2) is 0 Å². The van der Waals surface area contributed by atoms with Crippen molar-refractivity contribution in [1.82, 2.24) is 5.32 Å². The van der Waals surface area contributed by atoms with Gasteiger partial charge in [-0.15, -0.1) is 0 Å².